The van der Waals surface area contributed by atoms with E-state index >= 15 is 0 Å². The summed E-state index contributed by atoms with van der Waals surface area (Å²) in [5.41, 5.74) is 0.658. The highest BCUT2D eigenvalue weighted by Gasteiger charge is 2.18. The molecule has 0 aromatic carbocycles. The smallest absolute Gasteiger partial charge is 0.253 e. The molecule has 0 aliphatic carbocycles. The number of thiophene rings is 1. The van der Waals surface area contributed by atoms with E-state index in [0.29, 0.717) is 11.4 Å². The lowest BCUT2D eigenvalue weighted by atomic mass is 10.1. The van der Waals surface area contributed by atoms with Gasteiger partial charge < -0.3 is 5.32 Å². The van der Waals surface area contributed by atoms with Crippen molar-refractivity contribution < 1.29 is 4.79 Å². The summed E-state index contributed by atoms with van der Waals surface area (Å²) in [6.07, 6.45) is 0. The number of hydrogen-bond acceptors (Lipinski definition) is 2. The molecule has 1 amide bonds. The zero-order valence-electron chi connectivity index (χ0n) is 8.89. The fourth-order valence-electron chi connectivity index (χ4n) is 1.06. The van der Waals surface area contributed by atoms with Gasteiger partial charge in [0.05, 0.1) is 13.1 Å². The molecule has 1 aromatic rings. The molecule has 0 aliphatic rings. The monoisotopic (exact) mass is 387 g/mol. The molecule has 16 heavy (non-hydrogen) atoms. The summed E-state index contributed by atoms with van der Waals surface area (Å²) < 4.78 is 1.77. The third kappa shape index (κ3) is 3.72. The second-order valence-corrected chi connectivity index (χ2v) is 7.69. The maximum absolute atomic E-state index is 11.9. The molecule has 1 heterocycles. The van der Waals surface area contributed by atoms with Crippen LogP contribution in [0.1, 0.15) is 24.2 Å². The molecule has 0 saturated heterocycles. The maximum Gasteiger partial charge on any atom is 0.253 e. The van der Waals surface area contributed by atoms with Gasteiger partial charge in [0.15, 0.2) is 0 Å². The average Bonchev–Trinajstić information content (AvgIpc) is 2.56. The molecular weight excluding hydrogens is 377 g/mol. The molecule has 6 heteroatoms. The molecule has 1 rings (SSSR count). The standard InChI is InChI=1S/C10H12Br2ClNOS/c1-5(4-13)6(2)14-10(15)7-3-8(11)16-9(7)12/h3,5-6H,4H2,1-2H3,(H,14,15). The highest BCUT2D eigenvalue weighted by Crippen LogP contribution is 2.31. The van der Waals surface area contributed by atoms with E-state index in [1.807, 2.05) is 19.9 Å². The molecule has 2 unspecified atom stereocenters. The maximum atomic E-state index is 11.9. The van der Waals surface area contributed by atoms with Crippen LogP contribution in [-0.4, -0.2) is 17.8 Å². The van der Waals surface area contributed by atoms with Crippen molar-refractivity contribution in [1.29, 1.82) is 0 Å². The predicted molar refractivity (Wildman–Crippen MR) is 76.5 cm³/mol. The van der Waals surface area contributed by atoms with Gasteiger partial charge in [-0.2, -0.15) is 0 Å². The molecule has 2 nitrogen and oxygen atoms in total. The van der Waals surface area contributed by atoms with Gasteiger partial charge in [-0.15, -0.1) is 22.9 Å². The quantitative estimate of drug-likeness (QED) is 0.766. The van der Waals surface area contributed by atoms with Gasteiger partial charge >= 0.3 is 0 Å². The second-order valence-electron chi connectivity index (χ2n) is 3.63. The minimum Gasteiger partial charge on any atom is -0.349 e. The lowest BCUT2D eigenvalue weighted by molar-refractivity contribution is 0.0930. The summed E-state index contributed by atoms with van der Waals surface area (Å²) in [5, 5.41) is 2.93. The van der Waals surface area contributed by atoms with Crippen LogP contribution in [0.25, 0.3) is 0 Å². The Morgan fingerprint density at radius 1 is 1.56 bits per heavy atom. The Morgan fingerprint density at radius 2 is 2.19 bits per heavy atom. The fraction of sp³-hybridized carbons (Fsp3) is 0.500. The molecule has 0 fully saturated rings. The highest BCUT2D eigenvalue weighted by molar-refractivity contribution is 9.12. The minimum atomic E-state index is -0.0710. The van der Waals surface area contributed by atoms with Crippen molar-refractivity contribution in [3.63, 3.8) is 0 Å². The van der Waals surface area contributed by atoms with Crippen LogP contribution in [0.3, 0.4) is 0 Å². The minimum absolute atomic E-state index is 0.0653. The van der Waals surface area contributed by atoms with Crippen molar-refractivity contribution >= 4 is 60.7 Å². The summed E-state index contributed by atoms with van der Waals surface area (Å²) >= 11 is 13.9. The Balaban J connectivity index is 2.69. The lowest BCUT2D eigenvalue weighted by Crippen LogP contribution is -2.37. The number of carbonyl (C=O) groups excluding carboxylic acids is 1. The van der Waals surface area contributed by atoms with Gasteiger partial charge in [-0.25, -0.2) is 0 Å². The number of rotatable bonds is 4. The highest BCUT2D eigenvalue weighted by atomic mass is 79.9. The zero-order valence-corrected chi connectivity index (χ0v) is 13.6. The predicted octanol–water partition coefficient (Wildman–Crippen LogP) is 4.27. The second kappa shape index (κ2) is 6.38. The number of amides is 1. The molecule has 90 valence electrons. The number of halogens is 3. The van der Waals surface area contributed by atoms with Gasteiger partial charge in [-0.1, -0.05) is 6.92 Å². The first kappa shape index (κ1) is 14.5. The van der Waals surface area contributed by atoms with E-state index in [1.165, 1.54) is 11.3 Å². The van der Waals surface area contributed by atoms with Crippen molar-refractivity contribution in [2.75, 3.05) is 5.88 Å². The van der Waals surface area contributed by atoms with Gasteiger partial charge in [-0.05, 0) is 50.8 Å². The average molecular weight is 390 g/mol. The number of hydrogen-bond donors (Lipinski definition) is 1. The van der Waals surface area contributed by atoms with Crippen molar-refractivity contribution in [2.45, 2.75) is 19.9 Å². The molecule has 1 aromatic heterocycles. The molecule has 1 N–H and O–H groups in total. The summed E-state index contributed by atoms with van der Waals surface area (Å²) in [6.45, 7) is 3.97. The fourth-order valence-corrected chi connectivity index (χ4v) is 4.12. The van der Waals surface area contributed by atoms with Crippen LogP contribution in [0.15, 0.2) is 13.6 Å². The van der Waals surface area contributed by atoms with Crippen LogP contribution in [-0.2, 0) is 0 Å². The lowest BCUT2D eigenvalue weighted by Gasteiger charge is -2.18. The Kier molecular flexibility index (Phi) is 5.77. The molecule has 0 saturated carbocycles. The van der Waals surface area contributed by atoms with Crippen molar-refractivity contribution in [3.05, 3.63) is 19.2 Å². The van der Waals surface area contributed by atoms with Crippen LogP contribution in [0.5, 0.6) is 0 Å². The van der Waals surface area contributed by atoms with E-state index in [1.54, 1.807) is 0 Å². The zero-order chi connectivity index (χ0) is 12.3. The topological polar surface area (TPSA) is 29.1 Å². The van der Waals surface area contributed by atoms with E-state index in [-0.39, 0.29) is 17.9 Å². The summed E-state index contributed by atoms with van der Waals surface area (Å²) in [4.78, 5) is 11.9. The Morgan fingerprint density at radius 3 is 2.62 bits per heavy atom. The van der Waals surface area contributed by atoms with E-state index in [2.05, 4.69) is 37.2 Å². The van der Waals surface area contributed by atoms with Gasteiger partial charge in [0.2, 0.25) is 0 Å². The first-order chi connectivity index (χ1) is 7.45. The van der Waals surface area contributed by atoms with E-state index in [0.717, 1.165) is 7.57 Å². The molecule has 0 radical (unpaired) electrons. The molecular formula is C10H12Br2ClNOS. The Labute approximate surface area is 121 Å². The van der Waals surface area contributed by atoms with E-state index in [9.17, 15) is 4.79 Å². The molecule has 0 bridgehead atoms. The van der Waals surface area contributed by atoms with Crippen LogP contribution >= 0.6 is 54.8 Å². The first-order valence-corrected chi connectivity index (χ1v) is 7.71. The normalized spacial score (nSPS) is 14.6. The molecule has 0 aliphatic heterocycles. The first-order valence-electron chi connectivity index (χ1n) is 4.77. The summed E-state index contributed by atoms with van der Waals surface area (Å²) in [7, 11) is 0. The van der Waals surface area contributed by atoms with Crippen LogP contribution in [0.4, 0.5) is 0 Å². The van der Waals surface area contributed by atoms with Gasteiger partial charge in [0, 0.05) is 11.9 Å². The SMILES string of the molecule is CC(CCl)C(C)NC(=O)c1cc(Br)sc1Br. The van der Waals surface area contributed by atoms with E-state index < -0.39 is 0 Å². The van der Waals surface area contributed by atoms with Gasteiger partial charge in [0.1, 0.15) is 0 Å². The van der Waals surface area contributed by atoms with Crippen molar-refractivity contribution in [3.8, 4) is 0 Å². The van der Waals surface area contributed by atoms with Crippen LogP contribution in [0, 0.1) is 5.92 Å². The van der Waals surface area contributed by atoms with Gasteiger partial charge in [-0.3, -0.25) is 4.79 Å². The molecule has 2 atom stereocenters. The third-order valence-electron chi connectivity index (χ3n) is 2.36. The molecule has 0 spiro atoms. The third-order valence-corrected chi connectivity index (χ3v) is 5.18. The van der Waals surface area contributed by atoms with E-state index in [4.69, 9.17) is 11.6 Å². The number of alkyl halides is 1. The van der Waals surface area contributed by atoms with Crippen LogP contribution in [0.2, 0.25) is 0 Å². The number of carbonyl (C=O) groups is 1. The van der Waals surface area contributed by atoms with Crippen LogP contribution < -0.4 is 5.32 Å². The Bertz CT molecular complexity index is 383. The summed E-state index contributed by atoms with van der Waals surface area (Å²) in [6, 6.07) is 1.87. The summed E-state index contributed by atoms with van der Waals surface area (Å²) in [5.74, 6) is 0.723. The number of nitrogens with one attached hydrogen (secondary N) is 1. The Hall–Kier alpha value is 0.420. The largest absolute Gasteiger partial charge is 0.349 e. The van der Waals surface area contributed by atoms with Crippen molar-refractivity contribution in [2.24, 2.45) is 5.92 Å². The van der Waals surface area contributed by atoms with Crippen molar-refractivity contribution in [1.82, 2.24) is 5.32 Å². The van der Waals surface area contributed by atoms with Gasteiger partial charge in [0.25, 0.3) is 5.91 Å².